The number of thiazole rings is 1. The molecule has 0 radical (unpaired) electrons. The van der Waals surface area contributed by atoms with Gasteiger partial charge in [-0.2, -0.15) is 4.99 Å². The first-order valence-corrected chi connectivity index (χ1v) is 8.10. The van der Waals surface area contributed by atoms with Crippen molar-refractivity contribution in [3.05, 3.63) is 51.0 Å². The summed E-state index contributed by atoms with van der Waals surface area (Å²) in [6.45, 7) is 0. The van der Waals surface area contributed by atoms with E-state index in [1.165, 1.54) is 29.8 Å². The van der Waals surface area contributed by atoms with Crippen molar-refractivity contribution in [2.45, 2.75) is 0 Å². The van der Waals surface area contributed by atoms with E-state index in [4.69, 9.17) is 4.74 Å². The minimum Gasteiger partial charge on any atom is -0.465 e. The van der Waals surface area contributed by atoms with Crippen LogP contribution in [0.5, 0.6) is 0 Å². The van der Waals surface area contributed by atoms with E-state index in [9.17, 15) is 9.59 Å². The highest BCUT2D eigenvalue weighted by Crippen LogP contribution is 2.19. The zero-order chi connectivity index (χ0) is 15.7. The second-order valence-corrected chi connectivity index (χ2v) is 6.47. The van der Waals surface area contributed by atoms with E-state index in [2.05, 4.69) is 4.99 Å². The van der Waals surface area contributed by atoms with Crippen LogP contribution in [0.25, 0.3) is 10.2 Å². The van der Waals surface area contributed by atoms with Gasteiger partial charge in [-0.15, -0.1) is 11.3 Å². The Labute approximate surface area is 134 Å². The summed E-state index contributed by atoms with van der Waals surface area (Å²) < 4.78 is 7.44. The van der Waals surface area contributed by atoms with Crippen molar-refractivity contribution in [3.63, 3.8) is 0 Å². The van der Waals surface area contributed by atoms with Crippen molar-refractivity contribution in [2.75, 3.05) is 7.11 Å². The summed E-state index contributed by atoms with van der Waals surface area (Å²) in [4.78, 5) is 29.0. The molecule has 0 atom stereocenters. The van der Waals surface area contributed by atoms with Gasteiger partial charge in [0.1, 0.15) is 0 Å². The number of rotatable bonds is 2. The van der Waals surface area contributed by atoms with Crippen molar-refractivity contribution in [2.24, 2.45) is 12.0 Å². The summed E-state index contributed by atoms with van der Waals surface area (Å²) in [5.74, 6) is -0.642. The number of benzene rings is 1. The summed E-state index contributed by atoms with van der Waals surface area (Å²) >= 11 is 2.73. The Bertz CT molecular complexity index is 920. The maximum absolute atomic E-state index is 12.1. The standard InChI is InChI=1S/C15H12N2O3S2/c1-17-10-6-5-9(14(19)20-2)8-12(10)22-15(17)16-13(18)11-4-3-7-21-11/h3-8H,1-2H3. The highest BCUT2D eigenvalue weighted by atomic mass is 32.1. The van der Waals surface area contributed by atoms with Crippen LogP contribution in [0, 0.1) is 0 Å². The number of fused-ring (bicyclic) bond motifs is 1. The van der Waals surface area contributed by atoms with E-state index in [1.807, 2.05) is 29.1 Å². The molecule has 1 aromatic carbocycles. The largest absolute Gasteiger partial charge is 0.465 e. The number of thiophene rings is 1. The summed E-state index contributed by atoms with van der Waals surface area (Å²) in [5.41, 5.74) is 1.39. The van der Waals surface area contributed by atoms with Crippen LogP contribution in [-0.4, -0.2) is 23.6 Å². The molecule has 5 nitrogen and oxygen atoms in total. The van der Waals surface area contributed by atoms with E-state index < -0.39 is 0 Å². The molecular weight excluding hydrogens is 320 g/mol. The molecule has 3 aromatic rings. The first-order valence-electron chi connectivity index (χ1n) is 6.40. The fraction of sp³-hybridized carbons (Fsp3) is 0.133. The van der Waals surface area contributed by atoms with Gasteiger partial charge in [-0.1, -0.05) is 17.4 Å². The smallest absolute Gasteiger partial charge is 0.337 e. The van der Waals surface area contributed by atoms with Crippen molar-refractivity contribution < 1.29 is 14.3 Å². The Hall–Kier alpha value is -2.25. The number of hydrogen-bond donors (Lipinski definition) is 0. The lowest BCUT2D eigenvalue weighted by Crippen LogP contribution is -2.12. The zero-order valence-corrected chi connectivity index (χ0v) is 13.5. The lowest BCUT2D eigenvalue weighted by molar-refractivity contribution is 0.0601. The molecule has 2 aromatic heterocycles. The molecule has 0 saturated carbocycles. The lowest BCUT2D eigenvalue weighted by atomic mass is 10.2. The molecule has 0 aliphatic carbocycles. The maximum atomic E-state index is 12.1. The van der Waals surface area contributed by atoms with Gasteiger partial charge < -0.3 is 9.30 Å². The second kappa shape index (κ2) is 5.86. The average molecular weight is 332 g/mol. The summed E-state index contributed by atoms with van der Waals surface area (Å²) in [5, 5.41) is 1.84. The summed E-state index contributed by atoms with van der Waals surface area (Å²) in [6, 6.07) is 8.85. The predicted octanol–water partition coefficient (Wildman–Crippen LogP) is 2.83. The van der Waals surface area contributed by atoms with E-state index >= 15 is 0 Å². The van der Waals surface area contributed by atoms with Crippen LogP contribution >= 0.6 is 22.7 Å². The minimum absolute atomic E-state index is 0.259. The molecule has 7 heteroatoms. The van der Waals surface area contributed by atoms with Gasteiger partial charge in [0.15, 0.2) is 4.80 Å². The van der Waals surface area contributed by atoms with Gasteiger partial charge in [0, 0.05) is 7.05 Å². The van der Waals surface area contributed by atoms with Crippen molar-refractivity contribution in [1.29, 1.82) is 0 Å². The molecule has 0 aliphatic rings. The first kappa shape index (κ1) is 14.7. The third-order valence-corrected chi connectivity index (χ3v) is 5.11. The fourth-order valence-electron chi connectivity index (χ4n) is 2.03. The quantitative estimate of drug-likeness (QED) is 0.678. The van der Waals surface area contributed by atoms with Crippen LogP contribution in [0.1, 0.15) is 20.0 Å². The molecule has 0 saturated heterocycles. The Morgan fingerprint density at radius 3 is 2.77 bits per heavy atom. The Morgan fingerprint density at radius 2 is 2.09 bits per heavy atom. The summed E-state index contributed by atoms with van der Waals surface area (Å²) in [6.07, 6.45) is 0. The number of carbonyl (C=O) groups is 2. The molecule has 0 unspecified atom stereocenters. The Morgan fingerprint density at radius 1 is 1.27 bits per heavy atom. The van der Waals surface area contributed by atoms with Crippen molar-refractivity contribution in [1.82, 2.24) is 4.57 Å². The number of hydrogen-bond acceptors (Lipinski definition) is 5. The number of methoxy groups -OCH3 is 1. The molecule has 0 fully saturated rings. The topological polar surface area (TPSA) is 60.7 Å². The monoisotopic (exact) mass is 332 g/mol. The van der Waals surface area contributed by atoms with E-state index in [0.717, 1.165) is 10.2 Å². The predicted molar refractivity (Wildman–Crippen MR) is 86.3 cm³/mol. The highest BCUT2D eigenvalue weighted by Gasteiger charge is 2.11. The van der Waals surface area contributed by atoms with Crippen LogP contribution in [0.3, 0.4) is 0 Å². The fourth-order valence-corrected chi connectivity index (χ4v) is 3.69. The molecule has 0 spiro atoms. The number of esters is 1. The molecular formula is C15H12N2O3S2. The number of amides is 1. The van der Waals surface area contributed by atoms with Crippen molar-refractivity contribution in [3.8, 4) is 0 Å². The van der Waals surface area contributed by atoms with Crippen LogP contribution in [0.15, 0.2) is 40.7 Å². The third kappa shape index (κ3) is 2.60. The van der Waals surface area contributed by atoms with Crippen molar-refractivity contribution >= 4 is 44.8 Å². The molecule has 0 bridgehead atoms. The molecule has 2 heterocycles. The van der Waals surface area contributed by atoms with Gasteiger partial charge in [-0.25, -0.2) is 4.79 Å². The molecule has 1 amide bonds. The van der Waals surface area contributed by atoms with Gasteiger partial charge in [0.05, 0.1) is 27.8 Å². The SMILES string of the molecule is COC(=O)c1ccc2c(c1)sc(=NC(=O)c1cccs1)n2C. The number of carbonyl (C=O) groups excluding carboxylic acids is 2. The minimum atomic E-state index is -0.383. The van der Waals surface area contributed by atoms with E-state index in [0.29, 0.717) is 15.2 Å². The third-order valence-electron chi connectivity index (χ3n) is 3.16. The number of aromatic nitrogens is 1. The summed E-state index contributed by atoms with van der Waals surface area (Å²) in [7, 11) is 3.19. The van der Waals surface area contributed by atoms with Gasteiger partial charge in [0.25, 0.3) is 5.91 Å². The number of aryl methyl sites for hydroxylation is 1. The van der Waals surface area contributed by atoms with Gasteiger partial charge in [-0.3, -0.25) is 4.79 Å². The maximum Gasteiger partial charge on any atom is 0.337 e. The second-order valence-electron chi connectivity index (χ2n) is 4.51. The van der Waals surface area contributed by atoms with Crippen LogP contribution in [-0.2, 0) is 11.8 Å². The molecule has 3 rings (SSSR count). The van der Waals surface area contributed by atoms with E-state index in [-0.39, 0.29) is 11.9 Å². The number of nitrogens with zero attached hydrogens (tertiary/aromatic N) is 2. The Balaban J connectivity index is 2.09. The Kier molecular flexibility index (Phi) is 3.91. The highest BCUT2D eigenvalue weighted by molar-refractivity contribution is 7.16. The van der Waals surface area contributed by atoms with Crippen LogP contribution in [0.2, 0.25) is 0 Å². The molecule has 112 valence electrons. The molecule has 22 heavy (non-hydrogen) atoms. The first-order chi connectivity index (χ1) is 10.6. The lowest BCUT2D eigenvalue weighted by Gasteiger charge is -1.99. The average Bonchev–Trinajstić information content (AvgIpc) is 3.15. The van der Waals surface area contributed by atoms with Crippen LogP contribution in [0.4, 0.5) is 0 Å². The van der Waals surface area contributed by atoms with Gasteiger partial charge >= 0.3 is 5.97 Å². The molecule has 0 aliphatic heterocycles. The number of ether oxygens (including phenoxy) is 1. The van der Waals surface area contributed by atoms with E-state index in [1.54, 1.807) is 18.2 Å². The molecule has 0 N–H and O–H groups in total. The zero-order valence-electron chi connectivity index (χ0n) is 11.9. The van der Waals surface area contributed by atoms with Gasteiger partial charge in [-0.05, 0) is 29.6 Å². The normalized spacial score (nSPS) is 11.8. The van der Waals surface area contributed by atoms with Crippen LogP contribution < -0.4 is 4.80 Å². The van der Waals surface area contributed by atoms with Gasteiger partial charge in [0.2, 0.25) is 0 Å².